The molecule has 1 heterocycles. The van der Waals surface area contributed by atoms with E-state index in [4.69, 9.17) is 34.8 Å². The van der Waals surface area contributed by atoms with Gasteiger partial charge in [-0.2, -0.15) is 0 Å². The molecule has 0 atom stereocenters. The third-order valence-corrected chi connectivity index (χ3v) is 3.18. The molecule has 5 heteroatoms. The molecule has 2 rings (SSSR count). The van der Waals surface area contributed by atoms with E-state index in [1.807, 2.05) is 12.1 Å². The minimum Gasteiger partial charge on any atom is -0.236 e. The van der Waals surface area contributed by atoms with E-state index in [0.29, 0.717) is 21.7 Å². The molecule has 0 bridgehead atoms. The van der Waals surface area contributed by atoms with Gasteiger partial charge in [0, 0.05) is 23.5 Å². The maximum absolute atomic E-state index is 6.06. The lowest BCUT2D eigenvalue weighted by molar-refractivity contribution is 1.13. The summed E-state index contributed by atoms with van der Waals surface area (Å²) in [4.78, 5) is 8.37. The molecule has 2 nitrogen and oxygen atoms in total. The van der Waals surface area contributed by atoms with Gasteiger partial charge in [-0.15, -0.1) is 11.6 Å². The molecule has 0 saturated carbocycles. The lowest BCUT2D eigenvalue weighted by Gasteiger charge is -2.04. The van der Waals surface area contributed by atoms with Gasteiger partial charge in [-0.3, -0.25) is 0 Å². The molecule has 0 saturated heterocycles. The van der Waals surface area contributed by atoms with E-state index in [0.717, 1.165) is 11.1 Å². The van der Waals surface area contributed by atoms with E-state index in [2.05, 4.69) is 9.97 Å². The quantitative estimate of drug-likeness (QED) is 0.767. The second-order valence-electron chi connectivity index (χ2n) is 3.15. The first-order chi connectivity index (χ1) is 7.72. The van der Waals surface area contributed by atoms with Crippen LogP contribution in [0, 0.1) is 0 Å². The zero-order valence-electron chi connectivity index (χ0n) is 8.12. The molecule has 0 aliphatic carbocycles. The SMILES string of the molecule is ClCc1cnc(-c2cccc(Cl)c2Cl)nc1. The predicted octanol–water partition coefficient (Wildman–Crippen LogP) is 4.19. The second kappa shape index (κ2) is 5.00. The fraction of sp³-hybridized carbons (Fsp3) is 0.0909. The number of hydrogen-bond donors (Lipinski definition) is 0. The first-order valence-electron chi connectivity index (χ1n) is 4.53. The fourth-order valence-corrected chi connectivity index (χ4v) is 1.76. The summed E-state index contributed by atoms with van der Waals surface area (Å²) in [6.45, 7) is 0. The van der Waals surface area contributed by atoms with Crippen LogP contribution in [0.3, 0.4) is 0 Å². The first kappa shape index (κ1) is 11.6. The Balaban J connectivity index is 2.46. The Hall–Kier alpha value is -0.830. The van der Waals surface area contributed by atoms with Crippen molar-refractivity contribution in [2.24, 2.45) is 0 Å². The molecule has 0 aliphatic rings. The molecule has 1 aromatic carbocycles. The molecule has 0 N–H and O–H groups in total. The van der Waals surface area contributed by atoms with Crippen LogP contribution in [0.4, 0.5) is 0 Å². The van der Waals surface area contributed by atoms with Gasteiger partial charge in [-0.1, -0.05) is 29.3 Å². The number of benzene rings is 1. The summed E-state index contributed by atoms with van der Waals surface area (Å²) in [6, 6.07) is 5.35. The highest BCUT2D eigenvalue weighted by Gasteiger charge is 2.08. The molecule has 0 amide bonds. The Morgan fingerprint density at radius 2 is 1.75 bits per heavy atom. The topological polar surface area (TPSA) is 25.8 Å². The zero-order chi connectivity index (χ0) is 11.5. The van der Waals surface area contributed by atoms with Crippen molar-refractivity contribution >= 4 is 34.8 Å². The van der Waals surface area contributed by atoms with Gasteiger partial charge in [0.2, 0.25) is 0 Å². The Morgan fingerprint density at radius 1 is 1.06 bits per heavy atom. The van der Waals surface area contributed by atoms with Crippen molar-refractivity contribution in [3.63, 3.8) is 0 Å². The number of alkyl halides is 1. The van der Waals surface area contributed by atoms with Crippen LogP contribution in [0.1, 0.15) is 5.56 Å². The summed E-state index contributed by atoms with van der Waals surface area (Å²) in [5.41, 5.74) is 1.58. The summed E-state index contributed by atoms with van der Waals surface area (Å²) in [7, 11) is 0. The standard InChI is InChI=1S/C11H7Cl3N2/c12-4-7-5-15-11(16-6-7)8-2-1-3-9(13)10(8)14/h1-3,5-6H,4H2. The van der Waals surface area contributed by atoms with Crippen molar-refractivity contribution < 1.29 is 0 Å². The molecule has 0 unspecified atom stereocenters. The van der Waals surface area contributed by atoms with E-state index in [9.17, 15) is 0 Å². The summed E-state index contributed by atoms with van der Waals surface area (Å²) in [5.74, 6) is 0.935. The Kier molecular flexibility index (Phi) is 3.64. The van der Waals surface area contributed by atoms with Crippen molar-refractivity contribution in [3.8, 4) is 11.4 Å². The highest BCUT2D eigenvalue weighted by molar-refractivity contribution is 6.43. The lowest BCUT2D eigenvalue weighted by atomic mass is 10.2. The normalized spacial score (nSPS) is 10.4. The molecular formula is C11H7Cl3N2. The van der Waals surface area contributed by atoms with E-state index in [-0.39, 0.29) is 0 Å². The van der Waals surface area contributed by atoms with Crippen molar-refractivity contribution in [3.05, 3.63) is 46.2 Å². The molecule has 0 spiro atoms. The maximum Gasteiger partial charge on any atom is 0.160 e. The van der Waals surface area contributed by atoms with Gasteiger partial charge in [0.15, 0.2) is 5.82 Å². The van der Waals surface area contributed by atoms with Crippen molar-refractivity contribution in [1.29, 1.82) is 0 Å². The summed E-state index contributed by atoms with van der Waals surface area (Å²) in [5, 5.41) is 0.951. The predicted molar refractivity (Wildman–Crippen MR) is 67.0 cm³/mol. The van der Waals surface area contributed by atoms with Gasteiger partial charge in [-0.25, -0.2) is 9.97 Å². The van der Waals surface area contributed by atoms with Crippen LogP contribution in [0.25, 0.3) is 11.4 Å². The van der Waals surface area contributed by atoms with E-state index < -0.39 is 0 Å². The summed E-state index contributed by atoms with van der Waals surface area (Å²) < 4.78 is 0. The number of halogens is 3. The molecule has 2 aromatic rings. The zero-order valence-corrected chi connectivity index (χ0v) is 10.4. The van der Waals surface area contributed by atoms with Gasteiger partial charge in [-0.05, 0) is 12.1 Å². The summed E-state index contributed by atoms with van der Waals surface area (Å²) >= 11 is 17.6. The van der Waals surface area contributed by atoms with Crippen molar-refractivity contribution in [2.45, 2.75) is 5.88 Å². The van der Waals surface area contributed by atoms with Crippen LogP contribution in [-0.4, -0.2) is 9.97 Å². The summed E-state index contributed by atoms with van der Waals surface area (Å²) in [6.07, 6.45) is 3.35. The number of hydrogen-bond acceptors (Lipinski definition) is 2. The molecule has 0 fully saturated rings. The average molecular weight is 274 g/mol. The molecular weight excluding hydrogens is 266 g/mol. The third kappa shape index (κ3) is 2.29. The van der Waals surface area contributed by atoms with Gasteiger partial charge in [0.1, 0.15) is 0 Å². The first-order valence-corrected chi connectivity index (χ1v) is 5.82. The van der Waals surface area contributed by atoms with Gasteiger partial charge >= 0.3 is 0 Å². The molecule has 82 valence electrons. The van der Waals surface area contributed by atoms with Crippen LogP contribution in [0.15, 0.2) is 30.6 Å². The Morgan fingerprint density at radius 3 is 2.38 bits per heavy atom. The molecule has 1 aromatic heterocycles. The smallest absolute Gasteiger partial charge is 0.160 e. The molecule has 0 aliphatic heterocycles. The minimum absolute atomic E-state index is 0.392. The second-order valence-corrected chi connectivity index (χ2v) is 4.20. The van der Waals surface area contributed by atoms with Gasteiger partial charge in [0.25, 0.3) is 0 Å². The molecule has 0 radical (unpaired) electrons. The monoisotopic (exact) mass is 272 g/mol. The van der Waals surface area contributed by atoms with E-state index in [1.54, 1.807) is 18.5 Å². The average Bonchev–Trinajstić information content (AvgIpc) is 2.33. The van der Waals surface area contributed by atoms with E-state index >= 15 is 0 Å². The van der Waals surface area contributed by atoms with Crippen LogP contribution < -0.4 is 0 Å². The van der Waals surface area contributed by atoms with Gasteiger partial charge < -0.3 is 0 Å². The number of aromatic nitrogens is 2. The fourth-order valence-electron chi connectivity index (χ4n) is 1.24. The van der Waals surface area contributed by atoms with E-state index in [1.165, 1.54) is 0 Å². The van der Waals surface area contributed by atoms with Crippen LogP contribution in [0.5, 0.6) is 0 Å². The molecule has 16 heavy (non-hydrogen) atoms. The number of rotatable bonds is 2. The van der Waals surface area contributed by atoms with Crippen LogP contribution >= 0.6 is 34.8 Å². The van der Waals surface area contributed by atoms with Crippen LogP contribution in [-0.2, 0) is 5.88 Å². The van der Waals surface area contributed by atoms with Crippen LogP contribution in [0.2, 0.25) is 10.0 Å². The minimum atomic E-state index is 0.392. The lowest BCUT2D eigenvalue weighted by Crippen LogP contribution is -1.91. The Bertz CT molecular complexity index is 497. The third-order valence-electron chi connectivity index (χ3n) is 2.05. The number of nitrogens with zero attached hydrogens (tertiary/aromatic N) is 2. The highest BCUT2D eigenvalue weighted by atomic mass is 35.5. The maximum atomic E-state index is 6.06. The highest BCUT2D eigenvalue weighted by Crippen LogP contribution is 2.31. The Labute approximate surface area is 108 Å². The largest absolute Gasteiger partial charge is 0.236 e. The van der Waals surface area contributed by atoms with Crippen molar-refractivity contribution in [2.75, 3.05) is 0 Å². The van der Waals surface area contributed by atoms with Crippen molar-refractivity contribution in [1.82, 2.24) is 9.97 Å². The van der Waals surface area contributed by atoms with Gasteiger partial charge in [0.05, 0.1) is 15.9 Å².